The van der Waals surface area contributed by atoms with Gasteiger partial charge in [0.15, 0.2) is 0 Å². The normalized spacial score (nSPS) is 11.5. The molecule has 74 valence electrons. The molecule has 14 heavy (non-hydrogen) atoms. The number of benzene rings is 1. The molecule has 0 aliphatic carbocycles. The second-order valence-corrected chi connectivity index (χ2v) is 4.42. The summed E-state index contributed by atoms with van der Waals surface area (Å²) in [5.74, 6) is -0.236. The Labute approximate surface area is 89.8 Å². The van der Waals surface area contributed by atoms with Crippen molar-refractivity contribution in [3.63, 3.8) is 0 Å². The number of aromatic nitrogens is 2. The molecular weight excluding hydrogens is 247 g/mol. The Morgan fingerprint density at radius 1 is 1.43 bits per heavy atom. The summed E-state index contributed by atoms with van der Waals surface area (Å²) in [5.41, 5.74) is 0.572. The first kappa shape index (κ1) is 9.65. The maximum Gasteiger partial charge on any atom is 0.150 e. The summed E-state index contributed by atoms with van der Waals surface area (Å²) >= 11 is 3.25. The Morgan fingerprint density at radius 2 is 2.14 bits per heavy atom. The lowest BCUT2D eigenvalue weighted by molar-refractivity contribution is 0.534. The monoisotopic (exact) mass is 256 g/mol. The number of hydrogen-bond donors (Lipinski definition) is 0. The summed E-state index contributed by atoms with van der Waals surface area (Å²) in [7, 11) is 0. The van der Waals surface area contributed by atoms with E-state index >= 15 is 0 Å². The molecule has 1 aromatic carbocycles. The highest BCUT2D eigenvalue weighted by molar-refractivity contribution is 9.10. The minimum Gasteiger partial charge on any atom is -0.259 e. The molecule has 2 aromatic rings. The van der Waals surface area contributed by atoms with Gasteiger partial charge in [-0.15, -0.1) is 0 Å². The standard InChI is InChI=1S/C10H10BrFN2/c1-6(2)14-10-7(5-13-14)3-8(11)4-9(10)12/h3-6H,1-2H3. The number of nitrogens with zero attached hydrogens (tertiary/aromatic N) is 2. The van der Waals surface area contributed by atoms with Gasteiger partial charge < -0.3 is 0 Å². The van der Waals surface area contributed by atoms with E-state index in [4.69, 9.17) is 0 Å². The van der Waals surface area contributed by atoms with Crippen molar-refractivity contribution in [1.29, 1.82) is 0 Å². The van der Waals surface area contributed by atoms with Crippen LogP contribution in [0.4, 0.5) is 4.39 Å². The maximum atomic E-state index is 13.6. The van der Waals surface area contributed by atoms with Crippen molar-refractivity contribution < 1.29 is 4.39 Å². The fraction of sp³-hybridized carbons (Fsp3) is 0.300. The Hall–Kier alpha value is -0.900. The largest absolute Gasteiger partial charge is 0.259 e. The van der Waals surface area contributed by atoms with E-state index in [0.717, 1.165) is 9.86 Å². The van der Waals surface area contributed by atoms with Crippen LogP contribution in [0.3, 0.4) is 0 Å². The van der Waals surface area contributed by atoms with E-state index in [1.54, 1.807) is 10.9 Å². The van der Waals surface area contributed by atoms with E-state index in [9.17, 15) is 4.39 Å². The molecule has 0 saturated carbocycles. The van der Waals surface area contributed by atoms with Crippen molar-refractivity contribution in [1.82, 2.24) is 9.78 Å². The number of hydrogen-bond acceptors (Lipinski definition) is 1. The van der Waals surface area contributed by atoms with Crippen LogP contribution in [0.25, 0.3) is 10.9 Å². The molecule has 0 aliphatic heterocycles. The first-order chi connectivity index (χ1) is 6.59. The quantitative estimate of drug-likeness (QED) is 0.764. The zero-order valence-electron chi connectivity index (χ0n) is 7.96. The molecule has 0 unspecified atom stereocenters. The average molecular weight is 257 g/mol. The molecule has 0 N–H and O–H groups in total. The third-order valence-corrected chi connectivity index (χ3v) is 2.55. The van der Waals surface area contributed by atoms with E-state index in [-0.39, 0.29) is 11.9 Å². The predicted octanol–water partition coefficient (Wildman–Crippen LogP) is 3.52. The first-order valence-corrected chi connectivity index (χ1v) is 5.21. The summed E-state index contributed by atoms with van der Waals surface area (Å²) < 4.78 is 16.0. The second-order valence-electron chi connectivity index (χ2n) is 3.51. The highest BCUT2D eigenvalue weighted by Crippen LogP contribution is 2.24. The first-order valence-electron chi connectivity index (χ1n) is 4.42. The van der Waals surface area contributed by atoms with Crippen LogP contribution in [-0.2, 0) is 0 Å². The van der Waals surface area contributed by atoms with Crippen molar-refractivity contribution in [2.45, 2.75) is 19.9 Å². The van der Waals surface area contributed by atoms with Crippen LogP contribution in [0.2, 0.25) is 0 Å². The zero-order chi connectivity index (χ0) is 10.3. The summed E-state index contributed by atoms with van der Waals surface area (Å²) in [6.07, 6.45) is 1.68. The van der Waals surface area contributed by atoms with Gasteiger partial charge in [0.1, 0.15) is 11.3 Å². The lowest BCUT2D eigenvalue weighted by Crippen LogP contribution is -2.03. The van der Waals surface area contributed by atoms with Crippen molar-refractivity contribution >= 4 is 26.8 Å². The summed E-state index contributed by atoms with van der Waals surface area (Å²) in [6, 6.07) is 3.50. The molecule has 0 aliphatic rings. The third kappa shape index (κ3) is 1.43. The summed E-state index contributed by atoms with van der Waals surface area (Å²) in [5, 5.41) is 4.98. The SMILES string of the molecule is CC(C)n1ncc2cc(Br)cc(F)c21. The Balaban J connectivity index is 2.79. The summed E-state index contributed by atoms with van der Waals surface area (Å²) in [6.45, 7) is 3.96. The highest BCUT2D eigenvalue weighted by Gasteiger charge is 2.11. The topological polar surface area (TPSA) is 17.8 Å². The molecule has 0 radical (unpaired) electrons. The third-order valence-electron chi connectivity index (χ3n) is 2.10. The molecule has 0 fully saturated rings. The van der Waals surface area contributed by atoms with Gasteiger partial charge in [-0.1, -0.05) is 15.9 Å². The van der Waals surface area contributed by atoms with Crippen molar-refractivity contribution in [3.8, 4) is 0 Å². The van der Waals surface area contributed by atoms with E-state index in [1.165, 1.54) is 6.07 Å². The predicted molar refractivity (Wildman–Crippen MR) is 57.8 cm³/mol. The van der Waals surface area contributed by atoms with Gasteiger partial charge in [-0.2, -0.15) is 5.10 Å². The molecular formula is C10H10BrFN2. The molecule has 4 heteroatoms. The van der Waals surface area contributed by atoms with Crippen LogP contribution in [0.1, 0.15) is 19.9 Å². The molecule has 1 aromatic heterocycles. The molecule has 0 bridgehead atoms. The molecule has 0 saturated heterocycles. The van der Waals surface area contributed by atoms with E-state index in [2.05, 4.69) is 21.0 Å². The molecule has 0 spiro atoms. The highest BCUT2D eigenvalue weighted by atomic mass is 79.9. The number of fused-ring (bicyclic) bond motifs is 1. The zero-order valence-corrected chi connectivity index (χ0v) is 9.55. The fourth-order valence-corrected chi connectivity index (χ4v) is 1.95. The minimum atomic E-state index is -0.236. The van der Waals surface area contributed by atoms with Crippen LogP contribution in [0.5, 0.6) is 0 Å². The molecule has 0 atom stereocenters. The van der Waals surface area contributed by atoms with Gasteiger partial charge in [0.2, 0.25) is 0 Å². The fourth-order valence-electron chi connectivity index (χ4n) is 1.50. The average Bonchev–Trinajstić information content (AvgIpc) is 2.47. The smallest absolute Gasteiger partial charge is 0.150 e. The van der Waals surface area contributed by atoms with Crippen LogP contribution < -0.4 is 0 Å². The lowest BCUT2D eigenvalue weighted by Gasteiger charge is -2.07. The van der Waals surface area contributed by atoms with Crippen molar-refractivity contribution in [2.75, 3.05) is 0 Å². The van der Waals surface area contributed by atoms with E-state index in [1.807, 2.05) is 19.9 Å². The Morgan fingerprint density at radius 3 is 2.79 bits per heavy atom. The van der Waals surface area contributed by atoms with Crippen LogP contribution >= 0.6 is 15.9 Å². The van der Waals surface area contributed by atoms with E-state index < -0.39 is 0 Å². The Bertz CT molecular complexity index is 476. The Kier molecular flexibility index (Phi) is 2.31. The minimum absolute atomic E-state index is 0.170. The second kappa shape index (κ2) is 3.35. The number of halogens is 2. The lowest BCUT2D eigenvalue weighted by atomic mass is 10.2. The molecule has 2 rings (SSSR count). The van der Waals surface area contributed by atoms with Gasteiger partial charge in [0, 0.05) is 15.9 Å². The molecule has 0 amide bonds. The summed E-state index contributed by atoms with van der Waals surface area (Å²) in [4.78, 5) is 0. The van der Waals surface area contributed by atoms with Gasteiger partial charge in [-0.05, 0) is 26.0 Å². The van der Waals surface area contributed by atoms with Crippen LogP contribution in [0.15, 0.2) is 22.8 Å². The van der Waals surface area contributed by atoms with Gasteiger partial charge in [0.05, 0.1) is 6.20 Å². The molecule has 2 nitrogen and oxygen atoms in total. The van der Waals surface area contributed by atoms with Crippen LogP contribution in [0, 0.1) is 5.82 Å². The van der Waals surface area contributed by atoms with Gasteiger partial charge in [-0.25, -0.2) is 4.39 Å². The maximum absolute atomic E-state index is 13.6. The van der Waals surface area contributed by atoms with Crippen molar-refractivity contribution in [3.05, 3.63) is 28.6 Å². The molecule has 1 heterocycles. The van der Waals surface area contributed by atoms with Gasteiger partial charge in [-0.3, -0.25) is 4.68 Å². The van der Waals surface area contributed by atoms with Crippen molar-refractivity contribution in [2.24, 2.45) is 0 Å². The van der Waals surface area contributed by atoms with E-state index in [0.29, 0.717) is 5.52 Å². The number of rotatable bonds is 1. The van der Waals surface area contributed by atoms with Crippen LogP contribution in [-0.4, -0.2) is 9.78 Å². The van der Waals surface area contributed by atoms with Gasteiger partial charge in [0.25, 0.3) is 0 Å². The van der Waals surface area contributed by atoms with Gasteiger partial charge >= 0.3 is 0 Å².